The number of hydrogen-bond acceptors (Lipinski definition) is 3. The summed E-state index contributed by atoms with van der Waals surface area (Å²) in [6.07, 6.45) is 0. The summed E-state index contributed by atoms with van der Waals surface area (Å²) in [6, 6.07) is 72.5. The first-order valence-electron chi connectivity index (χ1n) is 21.4. The number of furan rings is 2. The van der Waals surface area contributed by atoms with Gasteiger partial charge < -0.3 is 13.7 Å². The number of para-hydroxylation sites is 1. The van der Waals surface area contributed by atoms with E-state index < -0.39 is 0 Å². The number of nitrogens with zero attached hydrogens (tertiary/aromatic N) is 1. The topological polar surface area (TPSA) is 29.5 Å². The molecule has 1 aliphatic rings. The van der Waals surface area contributed by atoms with Gasteiger partial charge in [-0.2, -0.15) is 0 Å². The Morgan fingerprint density at radius 3 is 1.84 bits per heavy atom. The lowest BCUT2D eigenvalue weighted by molar-refractivity contribution is 0.660. The summed E-state index contributed by atoms with van der Waals surface area (Å²) in [5.41, 5.74) is 16.1. The standard InChI is InChI=1S/C59H39NO2/c1-59(2)50-22-12-10-20-45(50)46-29-28-41(35-51(46)59)60(40-26-24-37(25-27-40)36-14-4-3-5-15-36)52-34-39(48-32-38-16-6-7-17-42(38)43-18-8-9-19-44(43)48)33-49-57-55(62-58(49)52)31-30-54-56(57)47-21-11-13-23-53(47)61-54/h3-35H,1-2H3. The molecule has 0 unspecified atom stereocenters. The maximum Gasteiger partial charge on any atom is 0.159 e. The van der Waals surface area contributed by atoms with Crippen LogP contribution < -0.4 is 4.90 Å². The predicted molar refractivity (Wildman–Crippen MR) is 259 cm³/mol. The first kappa shape index (κ1) is 34.9. The van der Waals surface area contributed by atoms with Gasteiger partial charge in [-0.15, -0.1) is 0 Å². The van der Waals surface area contributed by atoms with E-state index in [0.29, 0.717) is 0 Å². The highest BCUT2D eigenvalue weighted by atomic mass is 16.3. The molecule has 1 aliphatic carbocycles. The molecule has 62 heavy (non-hydrogen) atoms. The van der Waals surface area contributed by atoms with E-state index in [1.165, 1.54) is 60.5 Å². The second kappa shape index (κ2) is 13.1. The molecule has 3 heteroatoms. The zero-order valence-electron chi connectivity index (χ0n) is 34.3. The summed E-state index contributed by atoms with van der Waals surface area (Å²) in [5.74, 6) is 0. The van der Waals surface area contributed by atoms with E-state index in [1.807, 2.05) is 6.07 Å². The van der Waals surface area contributed by atoms with Gasteiger partial charge in [-0.1, -0.05) is 153 Å². The summed E-state index contributed by atoms with van der Waals surface area (Å²) >= 11 is 0. The molecule has 292 valence electrons. The van der Waals surface area contributed by atoms with Gasteiger partial charge in [0.1, 0.15) is 16.7 Å². The maximum atomic E-state index is 7.18. The van der Waals surface area contributed by atoms with Crippen molar-refractivity contribution in [2.45, 2.75) is 19.3 Å². The van der Waals surface area contributed by atoms with Crippen LogP contribution in [0.2, 0.25) is 0 Å². The van der Waals surface area contributed by atoms with E-state index in [-0.39, 0.29) is 5.41 Å². The van der Waals surface area contributed by atoms with Gasteiger partial charge in [0.2, 0.25) is 0 Å². The molecule has 0 N–H and O–H groups in total. The van der Waals surface area contributed by atoms with Crippen molar-refractivity contribution in [1.29, 1.82) is 0 Å². The van der Waals surface area contributed by atoms with Crippen LogP contribution in [0.3, 0.4) is 0 Å². The number of anilines is 3. The van der Waals surface area contributed by atoms with Crippen molar-refractivity contribution in [3.8, 4) is 33.4 Å². The molecule has 0 saturated carbocycles. The summed E-state index contributed by atoms with van der Waals surface area (Å²) in [7, 11) is 0. The van der Waals surface area contributed by atoms with Gasteiger partial charge in [-0.25, -0.2) is 0 Å². The zero-order valence-corrected chi connectivity index (χ0v) is 34.3. The third kappa shape index (κ3) is 5.06. The van der Waals surface area contributed by atoms with Crippen LogP contribution in [0.25, 0.3) is 98.8 Å². The van der Waals surface area contributed by atoms with Gasteiger partial charge in [-0.3, -0.25) is 0 Å². The molecule has 3 nitrogen and oxygen atoms in total. The van der Waals surface area contributed by atoms with Crippen LogP contribution in [-0.2, 0) is 5.41 Å². The molecular formula is C59H39NO2. The Balaban J connectivity index is 1.15. The summed E-state index contributed by atoms with van der Waals surface area (Å²) in [5, 5.41) is 9.14. The number of benzene rings is 10. The second-order valence-electron chi connectivity index (χ2n) is 17.2. The first-order chi connectivity index (χ1) is 30.5. The van der Waals surface area contributed by atoms with E-state index in [2.05, 4.69) is 213 Å². The van der Waals surface area contributed by atoms with Crippen LogP contribution in [0.4, 0.5) is 17.1 Å². The van der Waals surface area contributed by atoms with Gasteiger partial charge >= 0.3 is 0 Å². The smallest absolute Gasteiger partial charge is 0.159 e. The van der Waals surface area contributed by atoms with Crippen molar-refractivity contribution >= 4 is 82.5 Å². The second-order valence-corrected chi connectivity index (χ2v) is 17.2. The van der Waals surface area contributed by atoms with E-state index in [0.717, 1.165) is 66.5 Å². The SMILES string of the molecule is CC1(C)c2ccccc2-c2ccc(N(c3ccc(-c4ccccc4)cc3)c3cc(-c4cc5ccccc5c5ccccc45)cc4c3oc3ccc5oc6ccccc6c5c34)cc21. The third-order valence-electron chi connectivity index (χ3n) is 13.4. The number of rotatable bonds is 5. The third-order valence-corrected chi connectivity index (χ3v) is 13.4. The van der Waals surface area contributed by atoms with Crippen LogP contribution in [0.5, 0.6) is 0 Å². The molecule has 0 fully saturated rings. The van der Waals surface area contributed by atoms with Crippen molar-refractivity contribution in [3.63, 3.8) is 0 Å². The first-order valence-corrected chi connectivity index (χ1v) is 21.4. The van der Waals surface area contributed by atoms with Crippen LogP contribution in [0, 0.1) is 0 Å². The molecule has 13 rings (SSSR count). The quantitative estimate of drug-likeness (QED) is 0.163. The Hall–Kier alpha value is -7.88. The van der Waals surface area contributed by atoms with Crippen molar-refractivity contribution in [2.75, 3.05) is 4.90 Å². The minimum Gasteiger partial charge on any atom is -0.456 e. The van der Waals surface area contributed by atoms with Crippen LogP contribution in [0.15, 0.2) is 209 Å². The van der Waals surface area contributed by atoms with E-state index in [4.69, 9.17) is 8.83 Å². The molecule has 2 heterocycles. The Morgan fingerprint density at radius 1 is 0.371 bits per heavy atom. The fraction of sp³-hybridized carbons (Fsp3) is 0.0508. The minimum absolute atomic E-state index is 0.181. The predicted octanol–water partition coefficient (Wildman–Crippen LogP) is 16.9. The van der Waals surface area contributed by atoms with Crippen molar-refractivity contribution < 1.29 is 8.83 Å². The molecule has 2 aromatic heterocycles. The van der Waals surface area contributed by atoms with Crippen molar-refractivity contribution in [3.05, 3.63) is 211 Å². The highest BCUT2D eigenvalue weighted by molar-refractivity contribution is 6.28. The summed E-state index contributed by atoms with van der Waals surface area (Å²) in [6.45, 7) is 4.70. The van der Waals surface area contributed by atoms with Crippen molar-refractivity contribution in [2.24, 2.45) is 0 Å². The van der Waals surface area contributed by atoms with Gasteiger partial charge in [0.15, 0.2) is 5.58 Å². The highest BCUT2D eigenvalue weighted by Crippen LogP contribution is 2.53. The number of fused-ring (bicyclic) bond motifs is 13. The van der Waals surface area contributed by atoms with Gasteiger partial charge in [0.25, 0.3) is 0 Å². The Kier molecular flexibility index (Phi) is 7.36. The lowest BCUT2D eigenvalue weighted by Gasteiger charge is -2.29. The molecule has 12 aromatic rings. The van der Waals surface area contributed by atoms with Gasteiger partial charge in [0.05, 0.1) is 5.69 Å². The largest absolute Gasteiger partial charge is 0.456 e. The molecule has 10 aromatic carbocycles. The zero-order chi connectivity index (χ0) is 41.1. The van der Waals surface area contributed by atoms with Crippen LogP contribution in [-0.4, -0.2) is 0 Å². The van der Waals surface area contributed by atoms with Gasteiger partial charge in [0, 0.05) is 38.3 Å². The molecule has 0 atom stereocenters. The lowest BCUT2D eigenvalue weighted by atomic mass is 9.82. The normalized spacial score (nSPS) is 13.1. The highest BCUT2D eigenvalue weighted by Gasteiger charge is 2.36. The fourth-order valence-electron chi connectivity index (χ4n) is 10.5. The summed E-state index contributed by atoms with van der Waals surface area (Å²) in [4.78, 5) is 2.41. The van der Waals surface area contributed by atoms with E-state index in [9.17, 15) is 0 Å². The number of hydrogen-bond donors (Lipinski definition) is 0. The van der Waals surface area contributed by atoms with E-state index in [1.54, 1.807) is 0 Å². The fourth-order valence-corrected chi connectivity index (χ4v) is 10.5. The summed E-state index contributed by atoms with van der Waals surface area (Å²) < 4.78 is 13.7. The molecule has 0 aliphatic heterocycles. The molecule has 0 saturated heterocycles. The average Bonchev–Trinajstić information content (AvgIpc) is 3.97. The Bertz CT molecular complexity index is 3780. The monoisotopic (exact) mass is 793 g/mol. The molecule has 0 spiro atoms. The molecule has 0 amide bonds. The maximum absolute atomic E-state index is 7.18. The Labute approximate surface area is 358 Å². The lowest BCUT2D eigenvalue weighted by Crippen LogP contribution is -2.16. The molecule has 0 bridgehead atoms. The molecular weight excluding hydrogens is 755 g/mol. The van der Waals surface area contributed by atoms with Crippen molar-refractivity contribution in [1.82, 2.24) is 0 Å². The average molecular weight is 794 g/mol. The van der Waals surface area contributed by atoms with Gasteiger partial charge in [-0.05, 0) is 127 Å². The van der Waals surface area contributed by atoms with Crippen LogP contribution >= 0.6 is 0 Å². The Morgan fingerprint density at radius 2 is 1.00 bits per heavy atom. The molecule has 0 radical (unpaired) electrons. The minimum atomic E-state index is -0.181. The van der Waals surface area contributed by atoms with E-state index >= 15 is 0 Å². The van der Waals surface area contributed by atoms with Crippen LogP contribution in [0.1, 0.15) is 25.0 Å².